The number of anilines is 1. The number of ether oxygens (including phenoxy) is 1. The summed E-state index contributed by atoms with van der Waals surface area (Å²) in [5.74, 6) is 0.594. The van der Waals surface area contributed by atoms with E-state index in [1.54, 1.807) is 42.7 Å². The summed E-state index contributed by atoms with van der Waals surface area (Å²) in [4.78, 5) is 17.0. The fraction of sp³-hybridized carbons (Fsp3) is 0.273. The minimum atomic E-state index is -0.136. The van der Waals surface area contributed by atoms with Crippen LogP contribution in [0.3, 0.4) is 0 Å². The van der Waals surface area contributed by atoms with Crippen LogP contribution in [0.25, 0.3) is 0 Å². The van der Waals surface area contributed by atoms with Gasteiger partial charge >= 0.3 is 0 Å². The third kappa shape index (κ3) is 5.65. The van der Waals surface area contributed by atoms with Crippen LogP contribution in [-0.4, -0.2) is 24.5 Å². The third-order valence-electron chi connectivity index (χ3n) is 4.33. The Kier molecular flexibility index (Phi) is 7.17. The lowest BCUT2D eigenvalue weighted by Gasteiger charge is -2.09. The van der Waals surface area contributed by atoms with Crippen molar-refractivity contribution >= 4 is 22.9 Å². The normalized spacial score (nSPS) is 10.6. The molecule has 0 aliphatic rings. The van der Waals surface area contributed by atoms with Gasteiger partial charge < -0.3 is 15.4 Å². The third-order valence-corrected chi connectivity index (χ3v) is 5.37. The Labute approximate surface area is 169 Å². The second-order valence-electron chi connectivity index (χ2n) is 6.40. The summed E-state index contributed by atoms with van der Waals surface area (Å²) < 4.78 is 5.12. The maximum atomic E-state index is 12.4. The second kappa shape index (κ2) is 10.0. The van der Waals surface area contributed by atoms with E-state index in [2.05, 4.69) is 27.9 Å². The van der Waals surface area contributed by atoms with Crippen LogP contribution in [0.15, 0.2) is 53.9 Å². The van der Waals surface area contributed by atoms with Gasteiger partial charge in [0, 0.05) is 36.1 Å². The number of carbonyl (C=O) groups excluding carboxylic acids is 1. The first-order valence-corrected chi connectivity index (χ1v) is 10.2. The number of hydrogen-bond acceptors (Lipinski definition) is 5. The van der Waals surface area contributed by atoms with Crippen molar-refractivity contribution in [1.29, 1.82) is 0 Å². The van der Waals surface area contributed by atoms with Gasteiger partial charge in [-0.05, 0) is 48.4 Å². The molecule has 0 fully saturated rings. The summed E-state index contributed by atoms with van der Waals surface area (Å²) in [5.41, 5.74) is 3.65. The van der Waals surface area contributed by atoms with E-state index in [1.165, 1.54) is 5.01 Å². The highest BCUT2D eigenvalue weighted by molar-refractivity contribution is 7.09. The SMILES string of the molecule is CCc1nc(CCNCc2cccc(NC(=O)c3ccc(OC)cc3)c2)cs1. The van der Waals surface area contributed by atoms with Gasteiger partial charge in [-0.3, -0.25) is 4.79 Å². The second-order valence-corrected chi connectivity index (χ2v) is 7.34. The van der Waals surface area contributed by atoms with Gasteiger partial charge in [0.2, 0.25) is 0 Å². The van der Waals surface area contributed by atoms with Gasteiger partial charge in [0.25, 0.3) is 5.91 Å². The van der Waals surface area contributed by atoms with Crippen molar-refractivity contribution in [2.24, 2.45) is 0 Å². The molecule has 0 bridgehead atoms. The molecular formula is C22H25N3O2S. The average molecular weight is 396 g/mol. The largest absolute Gasteiger partial charge is 0.497 e. The monoisotopic (exact) mass is 395 g/mol. The Morgan fingerprint density at radius 1 is 1.18 bits per heavy atom. The van der Waals surface area contributed by atoms with Crippen LogP contribution in [0.4, 0.5) is 5.69 Å². The van der Waals surface area contributed by atoms with E-state index < -0.39 is 0 Å². The van der Waals surface area contributed by atoms with Crippen molar-refractivity contribution in [3.63, 3.8) is 0 Å². The van der Waals surface area contributed by atoms with E-state index in [0.29, 0.717) is 5.56 Å². The molecule has 0 atom stereocenters. The molecule has 0 radical (unpaired) electrons. The molecule has 0 saturated heterocycles. The Balaban J connectivity index is 1.49. The molecule has 0 aliphatic heterocycles. The van der Waals surface area contributed by atoms with Gasteiger partial charge in [-0.15, -0.1) is 11.3 Å². The van der Waals surface area contributed by atoms with Crippen LogP contribution >= 0.6 is 11.3 Å². The van der Waals surface area contributed by atoms with Crippen LogP contribution in [0.1, 0.15) is 33.5 Å². The Morgan fingerprint density at radius 3 is 2.71 bits per heavy atom. The predicted molar refractivity (Wildman–Crippen MR) is 114 cm³/mol. The number of aryl methyl sites for hydroxylation is 1. The highest BCUT2D eigenvalue weighted by Gasteiger charge is 2.07. The maximum absolute atomic E-state index is 12.4. The van der Waals surface area contributed by atoms with Gasteiger partial charge in [-0.1, -0.05) is 19.1 Å². The zero-order valence-corrected chi connectivity index (χ0v) is 17.0. The fourth-order valence-corrected chi connectivity index (χ4v) is 3.56. The minimum absolute atomic E-state index is 0.136. The summed E-state index contributed by atoms with van der Waals surface area (Å²) in [6.45, 7) is 3.74. The van der Waals surface area contributed by atoms with Gasteiger partial charge in [0.15, 0.2) is 0 Å². The highest BCUT2D eigenvalue weighted by Crippen LogP contribution is 2.15. The number of carbonyl (C=O) groups is 1. The number of methoxy groups -OCH3 is 1. The molecule has 28 heavy (non-hydrogen) atoms. The van der Waals surface area contributed by atoms with Crippen LogP contribution in [0, 0.1) is 0 Å². The van der Waals surface area contributed by atoms with Crippen LogP contribution in [0.2, 0.25) is 0 Å². The zero-order chi connectivity index (χ0) is 19.8. The van der Waals surface area contributed by atoms with E-state index >= 15 is 0 Å². The van der Waals surface area contributed by atoms with Gasteiger partial charge in [-0.2, -0.15) is 0 Å². The van der Waals surface area contributed by atoms with Crippen molar-refractivity contribution in [3.05, 3.63) is 75.7 Å². The summed E-state index contributed by atoms with van der Waals surface area (Å²) in [6.07, 6.45) is 1.91. The Morgan fingerprint density at radius 2 is 2.00 bits per heavy atom. The number of thiazole rings is 1. The quantitative estimate of drug-likeness (QED) is 0.530. The summed E-state index contributed by atoms with van der Waals surface area (Å²) in [7, 11) is 1.61. The number of nitrogens with one attached hydrogen (secondary N) is 2. The number of aromatic nitrogens is 1. The van der Waals surface area contributed by atoms with E-state index in [9.17, 15) is 4.79 Å². The molecule has 2 N–H and O–H groups in total. The number of hydrogen-bond donors (Lipinski definition) is 2. The molecule has 6 heteroatoms. The molecule has 0 spiro atoms. The molecule has 146 valence electrons. The summed E-state index contributed by atoms with van der Waals surface area (Å²) >= 11 is 1.73. The standard InChI is InChI=1S/C22H25N3O2S/c1-3-21-24-19(15-28-21)11-12-23-14-16-5-4-6-18(13-16)25-22(26)17-7-9-20(27-2)10-8-17/h4-10,13,15,23H,3,11-12,14H2,1-2H3,(H,25,26). The lowest BCUT2D eigenvalue weighted by molar-refractivity contribution is 0.102. The molecule has 1 heterocycles. The number of benzene rings is 2. The fourth-order valence-electron chi connectivity index (χ4n) is 2.78. The molecule has 3 aromatic rings. The lowest BCUT2D eigenvalue weighted by Crippen LogP contribution is -2.17. The number of amides is 1. The lowest BCUT2D eigenvalue weighted by atomic mass is 10.1. The number of rotatable bonds is 9. The van der Waals surface area contributed by atoms with Crippen molar-refractivity contribution in [2.45, 2.75) is 26.3 Å². The van der Waals surface area contributed by atoms with Crippen molar-refractivity contribution in [2.75, 3.05) is 19.0 Å². The first kappa shape index (κ1) is 20.0. The minimum Gasteiger partial charge on any atom is -0.497 e. The first-order valence-electron chi connectivity index (χ1n) is 9.36. The van der Waals surface area contributed by atoms with Crippen LogP contribution in [0.5, 0.6) is 5.75 Å². The van der Waals surface area contributed by atoms with Crippen molar-refractivity contribution < 1.29 is 9.53 Å². The van der Waals surface area contributed by atoms with Gasteiger partial charge in [0.05, 0.1) is 17.8 Å². The Hall–Kier alpha value is -2.70. The van der Waals surface area contributed by atoms with Gasteiger partial charge in [-0.25, -0.2) is 4.98 Å². The van der Waals surface area contributed by atoms with Crippen LogP contribution in [-0.2, 0) is 19.4 Å². The number of nitrogens with zero attached hydrogens (tertiary/aromatic N) is 1. The predicted octanol–water partition coefficient (Wildman–Crippen LogP) is 4.30. The van der Waals surface area contributed by atoms with Gasteiger partial charge in [0.1, 0.15) is 5.75 Å². The maximum Gasteiger partial charge on any atom is 0.255 e. The van der Waals surface area contributed by atoms with E-state index in [0.717, 1.165) is 48.6 Å². The molecule has 3 rings (SSSR count). The zero-order valence-electron chi connectivity index (χ0n) is 16.2. The molecule has 0 saturated carbocycles. The molecular weight excluding hydrogens is 370 g/mol. The highest BCUT2D eigenvalue weighted by atomic mass is 32.1. The summed E-state index contributed by atoms with van der Waals surface area (Å²) in [5, 5.41) is 9.71. The van der Waals surface area contributed by atoms with Crippen molar-refractivity contribution in [3.8, 4) is 5.75 Å². The smallest absolute Gasteiger partial charge is 0.255 e. The van der Waals surface area contributed by atoms with Crippen molar-refractivity contribution in [1.82, 2.24) is 10.3 Å². The topological polar surface area (TPSA) is 63.2 Å². The molecule has 2 aromatic carbocycles. The van der Waals surface area contributed by atoms with E-state index in [4.69, 9.17) is 4.74 Å². The molecule has 1 aromatic heterocycles. The Bertz CT molecular complexity index is 906. The molecule has 0 unspecified atom stereocenters. The summed E-state index contributed by atoms with van der Waals surface area (Å²) in [6, 6.07) is 15.0. The molecule has 5 nitrogen and oxygen atoms in total. The molecule has 0 aliphatic carbocycles. The van der Waals surface area contributed by atoms with E-state index in [1.807, 2.05) is 24.3 Å². The molecule has 1 amide bonds. The van der Waals surface area contributed by atoms with Crippen LogP contribution < -0.4 is 15.4 Å². The van der Waals surface area contributed by atoms with E-state index in [-0.39, 0.29) is 5.91 Å². The first-order chi connectivity index (χ1) is 13.7. The average Bonchev–Trinajstić information content (AvgIpc) is 3.19.